The minimum absolute atomic E-state index is 0.237. The van der Waals surface area contributed by atoms with E-state index in [2.05, 4.69) is 169 Å². The van der Waals surface area contributed by atoms with E-state index in [1.165, 1.54) is 128 Å². The molecule has 4 heteroatoms. The van der Waals surface area contributed by atoms with Crippen molar-refractivity contribution < 1.29 is 0 Å². The molecule has 0 amide bonds. The minimum atomic E-state index is 0.237. The maximum Gasteiger partial charge on any atom is 0.0539 e. The van der Waals surface area contributed by atoms with Crippen LogP contribution in [0.4, 0.5) is 0 Å². The third kappa shape index (κ3) is 7.56. The predicted octanol–water partition coefficient (Wildman–Crippen LogP) is 15.9. The smallest absolute Gasteiger partial charge is 0.0539 e. The SMILES string of the molecule is C/C=C\c1c(C(CN)CCCC)c2cc(-n3c4c(c5ccccc53)C(C)CCCCC/C=C\4)ccc2n1-c1ccc2c(c1)c1c(n2-c2ccccc2)/C=C\CCCCC1CC. The van der Waals surface area contributed by atoms with Crippen LogP contribution in [0, 0.1) is 0 Å². The molecule has 3 unspecified atom stereocenters. The number of aromatic nitrogens is 3. The summed E-state index contributed by atoms with van der Waals surface area (Å²) in [6.07, 6.45) is 29.8. The number of nitrogens with zero attached hydrogens (tertiary/aromatic N) is 3. The largest absolute Gasteiger partial charge is 0.330 e. The van der Waals surface area contributed by atoms with Crippen molar-refractivity contribution in [2.45, 2.75) is 129 Å². The summed E-state index contributed by atoms with van der Waals surface area (Å²) in [5.41, 5.74) is 22.6. The van der Waals surface area contributed by atoms with Gasteiger partial charge in [0.15, 0.2) is 0 Å². The van der Waals surface area contributed by atoms with E-state index in [0.717, 1.165) is 38.5 Å². The van der Waals surface area contributed by atoms with Crippen molar-refractivity contribution >= 4 is 50.9 Å². The second kappa shape index (κ2) is 18.3. The second-order valence-corrected chi connectivity index (χ2v) is 18.0. The summed E-state index contributed by atoms with van der Waals surface area (Å²) in [5, 5.41) is 4.06. The molecule has 0 saturated heterocycles. The van der Waals surface area contributed by atoms with Gasteiger partial charge in [-0.1, -0.05) is 108 Å². The standard InChI is InChI=1S/C57H66N4/c1-5-8-25-42(39-58)57-48-38-44(60-49-30-22-21-29-46(49)55-40(4)24-15-10-9-11-19-31-53(55)60)34-36-51(48)61(52(57)23-6-2)45-33-35-50-47(37-45)56-41(7-3)26-16-12-13-20-32-54(56)59(50)43-27-17-14-18-28-43/h6,14,17-23,27-38,40-42H,5,7-13,15-16,24-26,39,58H2,1-4H3/b23-6-,31-19-,32-20-. The van der Waals surface area contributed by atoms with Crippen LogP contribution in [0.25, 0.3) is 68.0 Å². The van der Waals surface area contributed by atoms with Gasteiger partial charge in [0.2, 0.25) is 0 Å². The molecule has 9 rings (SSSR count). The van der Waals surface area contributed by atoms with E-state index in [4.69, 9.17) is 5.73 Å². The fourth-order valence-corrected chi connectivity index (χ4v) is 11.1. The Labute approximate surface area is 364 Å². The van der Waals surface area contributed by atoms with Crippen LogP contribution in [-0.2, 0) is 0 Å². The molecule has 3 atom stereocenters. The van der Waals surface area contributed by atoms with Crippen LogP contribution in [0.5, 0.6) is 0 Å². The van der Waals surface area contributed by atoms with Crippen LogP contribution < -0.4 is 5.73 Å². The summed E-state index contributed by atoms with van der Waals surface area (Å²) >= 11 is 0. The molecule has 7 aromatic rings. The molecule has 3 aromatic heterocycles. The zero-order chi connectivity index (χ0) is 41.9. The Kier molecular flexibility index (Phi) is 12.3. The van der Waals surface area contributed by atoms with Crippen molar-refractivity contribution in [1.82, 2.24) is 13.7 Å². The Balaban J connectivity index is 1.33. The number of hydrogen-bond acceptors (Lipinski definition) is 1. The first kappa shape index (κ1) is 41.1. The van der Waals surface area contributed by atoms with E-state index in [0.29, 0.717) is 18.4 Å². The molecule has 0 saturated carbocycles. The Morgan fingerprint density at radius 2 is 1.30 bits per heavy atom. The lowest BCUT2D eigenvalue weighted by Crippen LogP contribution is -2.14. The first-order valence-corrected chi connectivity index (χ1v) is 23.8. The summed E-state index contributed by atoms with van der Waals surface area (Å²) in [5.74, 6) is 1.21. The van der Waals surface area contributed by atoms with Gasteiger partial charge in [0.1, 0.15) is 0 Å². The number of nitrogens with two attached hydrogens (primary N) is 1. The van der Waals surface area contributed by atoms with Gasteiger partial charge in [0.25, 0.3) is 0 Å². The zero-order valence-electron chi connectivity index (χ0n) is 37.2. The molecule has 2 aliphatic rings. The Morgan fingerprint density at radius 3 is 2.03 bits per heavy atom. The van der Waals surface area contributed by atoms with Crippen molar-refractivity contribution in [3.63, 3.8) is 0 Å². The average molecular weight is 807 g/mol. The van der Waals surface area contributed by atoms with E-state index in [1.54, 1.807) is 0 Å². The summed E-state index contributed by atoms with van der Waals surface area (Å²) < 4.78 is 7.66. The molecule has 0 bridgehead atoms. The molecule has 61 heavy (non-hydrogen) atoms. The Hall–Kier alpha value is -5.32. The van der Waals surface area contributed by atoms with Gasteiger partial charge in [-0.05, 0) is 172 Å². The topological polar surface area (TPSA) is 40.8 Å². The quantitative estimate of drug-likeness (QED) is 0.147. The second-order valence-electron chi connectivity index (χ2n) is 18.0. The van der Waals surface area contributed by atoms with Gasteiger partial charge in [0.05, 0.1) is 22.2 Å². The zero-order valence-corrected chi connectivity index (χ0v) is 37.2. The number of para-hydroxylation sites is 2. The highest BCUT2D eigenvalue weighted by Gasteiger charge is 2.28. The van der Waals surface area contributed by atoms with Crippen LogP contribution in [0.1, 0.15) is 163 Å². The first-order chi connectivity index (χ1) is 30.1. The molecule has 4 aromatic carbocycles. The fraction of sp³-hybridized carbons (Fsp3) is 0.368. The summed E-state index contributed by atoms with van der Waals surface area (Å²) in [6.45, 7) is 9.91. The van der Waals surface area contributed by atoms with Crippen molar-refractivity contribution in [3.8, 4) is 17.1 Å². The molecule has 314 valence electrons. The summed E-state index contributed by atoms with van der Waals surface area (Å²) in [4.78, 5) is 0. The highest BCUT2D eigenvalue weighted by atomic mass is 15.0. The van der Waals surface area contributed by atoms with E-state index < -0.39 is 0 Å². The molecule has 0 aliphatic heterocycles. The monoisotopic (exact) mass is 807 g/mol. The number of fused-ring (bicyclic) bond motifs is 7. The van der Waals surface area contributed by atoms with Crippen LogP contribution in [0.2, 0.25) is 0 Å². The lowest BCUT2D eigenvalue weighted by molar-refractivity contribution is 0.563. The molecule has 0 spiro atoms. The van der Waals surface area contributed by atoms with Gasteiger partial charge in [-0.15, -0.1) is 0 Å². The van der Waals surface area contributed by atoms with Crippen LogP contribution >= 0.6 is 0 Å². The molecule has 2 N–H and O–H groups in total. The summed E-state index contributed by atoms with van der Waals surface area (Å²) in [6, 6.07) is 34.7. The Morgan fingerprint density at radius 1 is 0.656 bits per heavy atom. The maximum atomic E-state index is 6.85. The number of benzene rings is 4. The number of allylic oxidation sites excluding steroid dienone is 3. The van der Waals surface area contributed by atoms with E-state index in [-0.39, 0.29) is 5.92 Å². The van der Waals surface area contributed by atoms with Crippen molar-refractivity contribution in [3.05, 3.63) is 143 Å². The van der Waals surface area contributed by atoms with Gasteiger partial charge in [-0.25, -0.2) is 0 Å². The molecule has 0 fully saturated rings. The number of unbranched alkanes of at least 4 members (excludes halogenated alkanes) is 1. The van der Waals surface area contributed by atoms with Crippen molar-refractivity contribution in [2.24, 2.45) is 5.73 Å². The van der Waals surface area contributed by atoms with Crippen LogP contribution in [0.15, 0.2) is 109 Å². The third-order valence-corrected chi connectivity index (χ3v) is 14.1. The van der Waals surface area contributed by atoms with E-state index >= 15 is 0 Å². The average Bonchev–Trinajstić information content (AvgIpc) is 3.93. The van der Waals surface area contributed by atoms with Crippen LogP contribution in [-0.4, -0.2) is 20.2 Å². The molecule has 2 aliphatic carbocycles. The molecular weight excluding hydrogens is 741 g/mol. The lowest BCUT2D eigenvalue weighted by Gasteiger charge is -2.18. The first-order valence-electron chi connectivity index (χ1n) is 23.8. The van der Waals surface area contributed by atoms with Gasteiger partial charge < -0.3 is 19.4 Å². The van der Waals surface area contributed by atoms with Gasteiger partial charge >= 0.3 is 0 Å². The predicted molar refractivity (Wildman–Crippen MR) is 264 cm³/mol. The van der Waals surface area contributed by atoms with Gasteiger partial charge in [-0.3, -0.25) is 0 Å². The lowest BCUT2D eigenvalue weighted by atomic mass is 9.89. The molecular formula is C57H66N4. The van der Waals surface area contributed by atoms with Crippen LogP contribution in [0.3, 0.4) is 0 Å². The summed E-state index contributed by atoms with van der Waals surface area (Å²) in [7, 11) is 0. The fourth-order valence-electron chi connectivity index (χ4n) is 11.1. The highest BCUT2D eigenvalue weighted by molar-refractivity contribution is 5.97. The van der Waals surface area contributed by atoms with E-state index in [9.17, 15) is 0 Å². The molecule has 3 heterocycles. The molecule has 0 radical (unpaired) electrons. The minimum Gasteiger partial charge on any atom is -0.330 e. The van der Waals surface area contributed by atoms with Gasteiger partial charge in [0, 0.05) is 44.6 Å². The number of rotatable bonds is 10. The van der Waals surface area contributed by atoms with Crippen molar-refractivity contribution in [1.29, 1.82) is 0 Å². The maximum absolute atomic E-state index is 6.85. The normalized spacial score (nSPS) is 19.1. The Bertz CT molecular complexity index is 2730. The third-order valence-electron chi connectivity index (χ3n) is 14.1. The van der Waals surface area contributed by atoms with Gasteiger partial charge in [-0.2, -0.15) is 0 Å². The van der Waals surface area contributed by atoms with E-state index in [1.807, 2.05) is 0 Å². The molecule has 4 nitrogen and oxygen atoms in total. The number of hydrogen-bond donors (Lipinski definition) is 1. The highest BCUT2D eigenvalue weighted by Crippen LogP contribution is 2.45. The van der Waals surface area contributed by atoms with Crippen molar-refractivity contribution in [2.75, 3.05) is 6.54 Å².